The zero-order valence-corrected chi connectivity index (χ0v) is 16.7. The van der Waals surface area contributed by atoms with Crippen molar-refractivity contribution in [3.05, 3.63) is 47.3 Å². The number of rotatable bonds is 8. The van der Waals surface area contributed by atoms with Crippen LogP contribution in [-0.4, -0.2) is 44.1 Å². The van der Waals surface area contributed by atoms with Crippen LogP contribution in [0, 0.1) is 10.4 Å². The molecule has 1 rings (SSSR count). The van der Waals surface area contributed by atoms with E-state index in [4.69, 9.17) is 4.74 Å². The summed E-state index contributed by atoms with van der Waals surface area (Å²) in [6.45, 7) is 10.5. The second-order valence-corrected chi connectivity index (χ2v) is 8.66. The minimum absolute atomic E-state index is 0.00759. The molecule has 0 spiro atoms. The lowest BCUT2D eigenvalue weighted by Gasteiger charge is -2.29. The van der Waals surface area contributed by atoms with E-state index in [0.29, 0.717) is 0 Å². The standard InChI is InChI=1S/C17H26N3O6S/c1-6-11-19(16(21)26-17(3,4)5)12-13(2)18-27(24,25)15-10-8-7-9-14(15)20(22)23/h6-10,13,18,20H,1,11-12H2,2-5H3/q-1/t13-/m1/s1. The van der Waals surface area contributed by atoms with E-state index in [-0.39, 0.29) is 13.1 Å². The monoisotopic (exact) mass is 400 g/mol. The van der Waals surface area contributed by atoms with E-state index in [0.717, 1.165) is 6.07 Å². The summed E-state index contributed by atoms with van der Waals surface area (Å²) in [6, 6.07) is 4.44. The van der Waals surface area contributed by atoms with Gasteiger partial charge in [0.05, 0.1) is 0 Å². The number of amides is 1. The summed E-state index contributed by atoms with van der Waals surface area (Å²) in [5.41, 5.74) is -1.14. The lowest BCUT2D eigenvalue weighted by molar-refractivity contribution is -0.717. The average molecular weight is 400 g/mol. The molecule has 1 aromatic rings. The van der Waals surface area contributed by atoms with E-state index in [2.05, 4.69) is 11.3 Å². The van der Waals surface area contributed by atoms with Gasteiger partial charge in [0.25, 0.3) is 0 Å². The first-order valence-electron chi connectivity index (χ1n) is 8.29. The third kappa shape index (κ3) is 7.27. The summed E-state index contributed by atoms with van der Waals surface area (Å²) in [4.78, 5) is 13.2. The molecule has 0 aliphatic carbocycles. The number of hydrogen-bond acceptors (Lipinski definition) is 6. The molecule has 2 N–H and O–H groups in total. The molecule has 9 nitrogen and oxygen atoms in total. The van der Waals surface area contributed by atoms with Gasteiger partial charge in [-0.3, -0.25) is 0 Å². The first-order valence-corrected chi connectivity index (χ1v) is 9.77. The SMILES string of the molecule is C=CCN(C[C@@H](C)NS(=O)(=O)c1ccccc1[NH+]([O-])[O-])C(=O)OC(C)(C)C. The number of carbonyl (C=O) groups is 1. The van der Waals surface area contributed by atoms with Crippen LogP contribution in [0.15, 0.2) is 41.8 Å². The second-order valence-electron chi connectivity index (χ2n) is 6.98. The maximum Gasteiger partial charge on any atom is 0.410 e. The lowest BCUT2D eigenvalue weighted by Crippen LogP contribution is -2.96. The molecule has 0 aliphatic heterocycles. The molecule has 0 saturated heterocycles. The highest BCUT2D eigenvalue weighted by molar-refractivity contribution is 7.89. The number of hydrogen-bond donors (Lipinski definition) is 2. The smallest absolute Gasteiger partial charge is 0.410 e. The van der Waals surface area contributed by atoms with Crippen LogP contribution in [-0.2, 0) is 14.8 Å². The van der Waals surface area contributed by atoms with Crippen LogP contribution in [0.25, 0.3) is 0 Å². The van der Waals surface area contributed by atoms with Crippen LogP contribution in [0.3, 0.4) is 0 Å². The number of sulfonamides is 1. The normalized spacial score (nSPS) is 13.3. The van der Waals surface area contributed by atoms with E-state index in [9.17, 15) is 23.6 Å². The number of benzene rings is 1. The Labute approximate surface area is 159 Å². The van der Waals surface area contributed by atoms with E-state index >= 15 is 0 Å². The van der Waals surface area contributed by atoms with E-state index < -0.39 is 43.6 Å². The molecule has 27 heavy (non-hydrogen) atoms. The Kier molecular flexibility index (Phi) is 7.93. The number of carbonyl (C=O) groups excluding carboxylic acids is 1. The highest BCUT2D eigenvalue weighted by atomic mass is 32.2. The highest BCUT2D eigenvalue weighted by Crippen LogP contribution is 2.17. The van der Waals surface area contributed by atoms with Crippen molar-refractivity contribution in [1.82, 2.24) is 9.62 Å². The molecule has 0 fully saturated rings. The average Bonchev–Trinajstić information content (AvgIpc) is 2.52. The zero-order valence-electron chi connectivity index (χ0n) is 15.9. The largest absolute Gasteiger partial charge is 0.628 e. The van der Waals surface area contributed by atoms with Crippen LogP contribution < -0.4 is 9.95 Å². The van der Waals surface area contributed by atoms with Gasteiger partial charge in [0.1, 0.15) is 10.5 Å². The first-order chi connectivity index (χ1) is 12.4. The number of nitrogens with one attached hydrogen (secondary N) is 2. The Balaban J connectivity index is 2.94. The molecular weight excluding hydrogens is 374 g/mol. The molecular formula is C17H26N3O6S-. The predicted molar refractivity (Wildman–Crippen MR) is 102 cm³/mol. The quantitative estimate of drug-likeness (QED) is 0.500. The van der Waals surface area contributed by atoms with Crippen molar-refractivity contribution in [3.63, 3.8) is 0 Å². The van der Waals surface area contributed by atoms with Gasteiger partial charge in [-0.15, -0.1) is 6.58 Å². The third-order valence-corrected chi connectivity index (χ3v) is 4.90. The number of nitrogens with zero attached hydrogens (tertiary/aromatic N) is 1. The van der Waals surface area contributed by atoms with Crippen LogP contribution in [0.1, 0.15) is 27.7 Å². The van der Waals surface area contributed by atoms with Crippen molar-refractivity contribution in [1.29, 1.82) is 0 Å². The summed E-state index contributed by atoms with van der Waals surface area (Å²) < 4.78 is 32.8. The van der Waals surface area contributed by atoms with Gasteiger partial charge < -0.3 is 25.3 Å². The van der Waals surface area contributed by atoms with Crippen LogP contribution >= 0.6 is 0 Å². The minimum atomic E-state index is -4.13. The van der Waals surface area contributed by atoms with Gasteiger partial charge in [-0.2, -0.15) is 0 Å². The van der Waals surface area contributed by atoms with Gasteiger partial charge in [-0.1, -0.05) is 18.2 Å². The van der Waals surface area contributed by atoms with Gasteiger partial charge in [-0.25, -0.2) is 17.9 Å². The Morgan fingerprint density at radius 2 is 1.96 bits per heavy atom. The van der Waals surface area contributed by atoms with Crippen molar-refractivity contribution in [2.75, 3.05) is 13.1 Å². The van der Waals surface area contributed by atoms with Crippen LogP contribution in [0.5, 0.6) is 0 Å². The van der Waals surface area contributed by atoms with Gasteiger partial charge in [0, 0.05) is 25.2 Å². The molecule has 10 heteroatoms. The number of quaternary nitrogens is 1. The fourth-order valence-corrected chi connectivity index (χ4v) is 3.70. The molecule has 1 amide bonds. The maximum absolute atomic E-state index is 12.5. The minimum Gasteiger partial charge on any atom is -0.628 e. The Morgan fingerprint density at radius 1 is 1.37 bits per heavy atom. The molecule has 0 radical (unpaired) electrons. The predicted octanol–water partition coefficient (Wildman–Crippen LogP) is 1.29. The summed E-state index contributed by atoms with van der Waals surface area (Å²) in [6.07, 6.45) is 0.889. The molecule has 0 saturated carbocycles. The molecule has 0 aliphatic rings. The van der Waals surface area contributed by atoms with Gasteiger partial charge in [0.2, 0.25) is 10.0 Å². The third-order valence-electron chi connectivity index (χ3n) is 3.25. The van der Waals surface area contributed by atoms with E-state index in [1.54, 1.807) is 27.7 Å². The van der Waals surface area contributed by atoms with Crippen molar-refractivity contribution in [2.24, 2.45) is 0 Å². The summed E-state index contributed by atoms with van der Waals surface area (Å²) in [5.74, 6) is 0. The summed E-state index contributed by atoms with van der Waals surface area (Å²) >= 11 is 0. The molecule has 0 heterocycles. The van der Waals surface area contributed by atoms with Crippen molar-refractivity contribution in [2.45, 2.75) is 44.2 Å². The molecule has 0 unspecified atom stereocenters. The topological polar surface area (TPSA) is 126 Å². The fraction of sp³-hybridized carbons (Fsp3) is 0.471. The Bertz CT molecular complexity index is 758. The van der Waals surface area contributed by atoms with E-state index in [1.165, 1.54) is 29.2 Å². The van der Waals surface area contributed by atoms with Crippen molar-refractivity contribution >= 4 is 21.8 Å². The van der Waals surface area contributed by atoms with Crippen LogP contribution in [0.2, 0.25) is 0 Å². The first kappa shape index (κ1) is 23.1. The summed E-state index contributed by atoms with van der Waals surface area (Å²) in [5, 5.41) is 20.7. The lowest BCUT2D eigenvalue weighted by atomic mass is 10.2. The molecule has 0 bridgehead atoms. The van der Waals surface area contributed by atoms with E-state index in [1.807, 2.05) is 0 Å². The Hall–Kier alpha value is -1.98. The summed E-state index contributed by atoms with van der Waals surface area (Å²) in [7, 11) is -4.13. The fourth-order valence-electron chi connectivity index (χ4n) is 2.27. The van der Waals surface area contributed by atoms with Gasteiger partial charge in [0.15, 0.2) is 5.69 Å². The molecule has 1 aromatic carbocycles. The maximum atomic E-state index is 12.5. The highest BCUT2D eigenvalue weighted by Gasteiger charge is 2.26. The van der Waals surface area contributed by atoms with Crippen molar-refractivity contribution < 1.29 is 23.2 Å². The molecule has 1 atom stereocenters. The van der Waals surface area contributed by atoms with Gasteiger partial charge in [-0.05, 0) is 33.8 Å². The zero-order chi connectivity index (χ0) is 20.8. The molecule has 0 aromatic heterocycles. The number of ether oxygens (including phenoxy) is 1. The van der Waals surface area contributed by atoms with Crippen molar-refractivity contribution in [3.8, 4) is 0 Å². The Morgan fingerprint density at radius 3 is 2.48 bits per heavy atom. The van der Waals surface area contributed by atoms with Crippen LogP contribution in [0.4, 0.5) is 10.5 Å². The second kappa shape index (κ2) is 9.29. The van der Waals surface area contributed by atoms with Gasteiger partial charge >= 0.3 is 6.09 Å². The molecule has 152 valence electrons.